The lowest BCUT2D eigenvalue weighted by atomic mass is 9.86. The Morgan fingerprint density at radius 2 is 2.29 bits per heavy atom. The number of ether oxygens (including phenoxy) is 1. The molecule has 1 aromatic carbocycles. The van der Waals surface area contributed by atoms with Gasteiger partial charge in [-0.1, -0.05) is 12.6 Å². The first-order chi connectivity index (χ1) is 9.89. The average molecular weight is 398 g/mol. The third kappa shape index (κ3) is 2.48. The van der Waals surface area contributed by atoms with Crippen LogP contribution in [-0.4, -0.2) is 14.0 Å². The molecule has 1 aliphatic heterocycles. The maximum atomic E-state index is 13.7. The van der Waals surface area contributed by atoms with Gasteiger partial charge in [0.25, 0.3) is 0 Å². The molecule has 1 unspecified atom stereocenters. The molecule has 0 aliphatic carbocycles. The maximum Gasteiger partial charge on any atom is 0.334 e. The highest BCUT2D eigenvalue weighted by Crippen LogP contribution is 2.43. The molecule has 1 aliphatic rings. The van der Waals surface area contributed by atoms with Crippen LogP contribution in [0.25, 0.3) is 11.1 Å². The summed E-state index contributed by atoms with van der Waals surface area (Å²) in [6, 6.07) is 4.46. The fourth-order valence-electron chi connectivity index (χ4n) is 2.60. The Morgan fingerprint density at radius 1 is 1.52 bits per heavy atom. The average Bonchev–Trinajstić information content (AvgIpc) is 2.94. The molecule has 21 heavy (non-hydrogen) atoms. The lowest BCUT2D eigenvalue weighted by Crippen LogP contribution is -2.22. The number of hydrogen-bond donors (Lipinski definition) is 0. The van der Waals surface area contributed by atoms with Crippen molar-refractivity contribution in [1.29, 1.82) is 0 Å². The molecule has 2 heterocycles. The zero-order chi connectivity index (χ0) is 15.2. The molecule has 1 saturated heterocycles. The lowest BCUT2D eigenvalue weighted by Gasteiger charge is -2.25. The quantitative estimate of drug-likeness (QED) is 0.441. The van der Waals surface area contributed by atoms with E-state index in [9.17, 15) is 9.18 Å². The summed E-state index contributed by atoms with van der Waals surface area (Å²) in [4.78, 5) is 11.7. The summed E-state index contributed by atoms with van der Waals surface area (Å²) in [5.41, 5.74) is 1.79. The second kappa shape index (κ2) is 4.94. The Kier molecular flexibility index (Phi) is 3.35. The van der Waals surface area contributed by atoms with Gasteiger partial charge in [0, 0.05) is 29.3 Å². The molecule has 4 nitrogen and oxygen atoms in total. The Hall–Kier alpha value is -1.70. The molecule has 0 bridgehead atoms. The van der Waals surface area contributed by atoms with Gasteiger partial charge in [0.15, 0.2) is 0 Å². The number of carbonyl (C=O) groups is 1. The summed E-state index contributed by atoms with van der Waals surface area (Å²) in [6.45, 7) is 5.53. The summed E-state index contributed by atoms with van der Waals surface area (Å²) in [7, 11) is 0. The van der Waals surface area contributed by atoms with Crippen molar-refractivity contribution in [2.75, 3.05) is 0 Å². The van der Waals surface area contributed by atoms with Crippen LogP contribution in [0.1, 0.15) is 18.9 Å². The number of benzene rings is 1. The predicted octanol–water partition coefficient (Wildman–Crippen LogP) is 3.61. The standard InChI is InChI=1S/C15H12FIN2O2/c1-9-6-15(2,21-14(9)20)13-4-3-11(16)5-12(13)10-7-18-19(17)8-10/h3-5,7-8H,1,6H2,2H3. The summed E-state index contributed by atoms with van der Waals surface area (Å²) in [5, 5.41) is 4.10. The molecule has 1 fully saturated rings. The van der Waals surface area contributed by atoms with Gasteiger partial charge in [-0.3, -0.25) is 0 Å². The number of cyclic esters (lactones) is 1. The van der Waals surface area contributed by atoms with Crippen molar-refractivity contribution in [2.45, 2.75) is 18.9 Å². The molecule has 0 radical (unpaired) electrons. The normalized spacial score (nSPS) is 21.7. The summed E-state index contributed by atoms with van der Waals surface area (Å²) >= 11 is 2.02. The first-order valence-corrected chi connectivity index (χ1v) is 7.28. The smallest absolute Gasteiger partial charge is 0.334 e. The minimum Gasteiger partial charge on any atom is -0.451 e. The van der Waals surface area contributed by atoms with Crippen LogP contribution in [0.2, 0.25) is 0 Å². The highest BCUT2D eigenvalue weighted by Gasteiger charge is 2.41. The van der Waals surface area contributed by atoms with Crippen LogP contribution in [0.5, 0.6) is 0 Å². The minimum absolute atomic E-state index is 0.346. The number of halogens is 2. The number of rotatable bonds is 2. The van der Waals surface area contributed by atoms with E-state index in [1.165, 1.54) is 12.1 Å². The number of nitrogens with zero attached hydrogens (tertiary/aromatic N) is 2. The second-order valence-corrected chi connectivity index (χ2v) is 6.20. The lowest BCUT2D eigenvalue weighted by molar-refractivity contribution is -0.145. The molecule has 0 N–H and O–H groups in total. The fourth-order valence-corrected chi connectivity index (χ4v) is 3.02. The third-order valence-corrected chi connectivity index (χ3v) is 4.10. The molecule has 0 saturated carbocycles. The van der Waals surface area contributed by atoms with Crippen molar-refractivity contribution < 1.29 is 13.9 Å². The fraction of sp³-hybridized carbons (Fsp3) is 0.200. The van der Waals surface area contributed by atoms with Crippen molar-refractivity contribution in [2.24, 2.45) is 0 Å². The van der Waals surface area contributed by atoms with Crippen LogP contribution in [0.15, 0.2) is 42.7 Å². The van der Waals surface area contributed by atoms with Gasteiger partial charge in [0.1, 0.15) is 11.4 Å². The summed E-state index contributed by atoms with van der Waals surface area (Å²) in [6.07, 6.45) is 3.83. The Bertz CT molecular complexity index is 738. The molecule has 0 amide bonds. The van der Waals surface area contributed by atoms with Crippen LogP contribution in [0, 0.1) is 5.82 Å². The molecule has 6 heteroatoms. The van der Waals surface area contributed by atoms with Crippen molar-refractivity contribution in [1.82, 2.24) is 7.99 Å². The summed E-state index contributed by atoms with van der Waals surface area (Å²) in [5.74, 6) is -0.751. The summed E-state index contributed by atoms with van der Waals surface area (Å²) < 4.78 is 20.7. The van der Waals surface area contributed by atoms with Gasteiger partial charge in [-0.2, -0.15) is 5.10 Å². The Labute approximate surface area is 135 Å². The molecule has 0 spiro atoms. The first kappa shape index (κ1) is 14.2. The molecule has 3 rings (SSSR count). The Morgan fingerprint density at radius 3 is 2.86 bits per heavy atom. The van der Waals surface area contributed by atoms with Crippen LogP contribution < -0.4 is 0 Å². The third-order valence-electron chi connectivity index (χ3n) is 3.57. The number of carbonyl (C=O) groups excluding carboxylic acids is 1. The highest BCUT2D eigenvalue weighted by molar-refractivity contribution is 14.1. The van der Waals surface area contributed by atoms with E-state index in [0.717, 1.165) is 11.1 Å². The molecule has 108 valence electrons. The zero-order valence-corrected chi connectivity index (χ0v) is 13.4. The Balaban J connectivity index is 2.15. The van der Waals surface area contributed by atoms with Crippen molar-refractivity contribution in [3.05, 3.63) is 54.1 Å². The van der Waals surface area contributed by atoms with Gasteiger partial charge in [-0.05, 0) is 24.6 Å². The van der Waals surface area contributed by atoms with Gasteiger partial charge in [-0.15, -0.1) is 0 Å². The predicted molar refractivity (Wildman–Crippen MR) is 84.2 cm³/mol. The minimum atomic E-state index is -0.829. The molecular formula is C15H12FIN2O2. The van der Waals surface area contributed by atoms with Crippen LogP contribution in [0.3, 0.4) is 0 Å². The molecular weight excluding hydrogens is 386 g/mol. The number of hydrogen-bond acceptors (Lipinski definition) is 3. The number of aromatic nitrogens is 2. The SMILES string of the molecule is C=C1CC(C)(c2ccc(F)cc2-c2cnn(I)c2)OC1=O. The number of esters is 1. The van der Waals surface area contributed by atoms with Gasteiger partial charge in [0.05, 0.1) is 29.1 Å². The highest BCUT2D eigenvalue weighted by atomic mass is 127. The van der Waals surface area contributed by atoms with E-state index in [1.54, 1.807) is 21.4 Å². The van der Waals surface area contributed by atoms with Gasteiger partial charge in [0.2, 0.25) is 0 Å². The van der Waals surface area contributed by atoms with E-state index in [-0.39, 0.29) is 5.82 Å². The molecule has 2 aromatic rings. The monoisotopic (exact) mass is 398 g/mol. The molecule has 1 aromatic heterocycles. The first-order valence-electron chi connectivity index (χ1n) is 6.31. The molecule has 1 atom stereocenters. The van der Waals surface area contributed by atoms with E-state index >= 15 is 0 Å². The van der Waals surface area contributed by atoms with Gasteiger partial charge < -0.3 is 4.74 Å². The van der Waals surface area contributed by atoms with Gasteiger partial charge >= 0.3 is 5.97 Å². The second-order valence-electron chi connectivity index (χ2n) is 5.21. The van der Waals surface area contributed by atoms with Crippen molar-refractivity contribution in [3.63, 3.8) is 0 Å². The van der Waals surface area contributed by atoms with Crippen LogP contribution >= 0.6 is 22.9 Å². The largest absolute Gasteiger partial charge is 0.451 e. The van der Waals surface area contributed by atoms with Crippen molar-refractivity contribution >= 4 is 28.8 Å². The van der Waals surface area contributed by atoms with Crippen LogP contribution in [0.4, 0.5) is 4.39 Å². The maximum absolute atomic E-state index is 13.7. The topological polar surface area (TPSA) is 44.1 Å². The van der Waals surface area contributed by atoms with E-state index in [2.05, 4.69) is 11.7 Å². The van der Waals surface area contributed by atoms with E-state index in [0.29, 0.717) is 17.6 Å². The van der Waals surface area contributed by atoms with Crippen LogP contribution in [-0.2, 0) is 15.1 Å². The van der Waals surface area contributed by atoms with Gasteiger partial charge in [-0.25, -0.2) is 12.1 Å². The van der Waals surface area contributed by atoms with E-state index in [4.69, 9.17) is 4.74 Å². The van der Waals surface area contributed by atoms with Crippen molar-refractivity contribution in [3.8, 4) is 11.1 Å². The van der Waals surface area contributed by atoms with E-state index in [1.807, 2.05) is 29.8 Å². The van der Waals surface area contributed by atoms with E-state index < -0.39 is 11.6 Å². The zero-order valence-electron chi connectivity index (χ0n) is 11.3.